The van der Waals surface area contributed by atoms with Gasteiger partial charge in [-0.2, -0.15) is 0 Å². The van der Waals surface area contributed by atoms with Crippen LogP contribution in [0.4, 0.5) is 0 Å². The minimum atomic E-state index is -1.07. The van der Waals surface area contributed by atoms with Crippen LogP contribution in [0, 0.1) is 0 Å². The second kappa shape index (κ2) is 6.14. The SMILES string of the molecule is CCCCCCCCOC(=O)C12C=CC=CC1(O)S2. The van der Waals surface area contributed by atoms with Crippen LogP contribution in [0.1, 0.15) is 45.4 Å². The Kier molecular flexibility index (Phi) is 4.74. The molecule has 0 aromatic heterocycles. The normalized spacial score (nSPS) is 31.1. The lowest BCUT2D eigenvalue weighted by Crippen LogP contribution is -2.34. The predicted molar refractivity (Wildman–Crippen MR) is 77.9 cm³/mol. The summed E-state index contributed by atoms with van der Waals surface area (Å²) < 4.78 is 4.42. The van der Waals surface area contributed by atoms with Crippen LogP contribution in [0.25, 0.3) is 0 Å². The van der Waals surface area contributed by atoms with Crippen LogP contribution in [0.2, 0.25) is 0 Å². The quantitative estimate of drug-likeness (QED) is 0.422. The van der Waals surface area contributed by atoms with Crippen LogP contribution < -0.4 is 0 Å². The summed E-state index contributed by atoms with van der Waals surface area (Å²) in [6, 6.07) is 0. The molecule has 0 saturated carbocycles. The number of esters is 1. The second-order valence-corrected chi connectivity index (χ2v) is 6.63. The highest BCUT2D eigenvalue weighted by molar-refractivity contribution is 8.10. The molecule has 2 rings (SSSR count). The molecule has 0 spiro atoms. The maximum absolute atomic E-state index is 12.0. The van der Waals surface area contributed by atoms with Gasteiger partial charge in [-0.25, -0.2) is 0 Å². The van der Waals surface area contributed by atoms with E-state index in [0.717, 1.165) is 12.8 Å². The van der Waals surface area contributed by atoms with E-state index in [2.05, 4.69) is 6.92 Å². The molecule has 1 fully saturated rings. The van der Waals surface area contributed by atoms with Crippen LogP contribution in [-0.2, 0) is 9.53 Å². The van der Waals surface area contributed by atoms with E-state index in [9.17, 15) is 9.90 Å². The van der Waals surface area contributed by atoms with Crippen molar-refractivity contribution in [1.29, 1.82) is 0 Å². The van der Waals surface area contributed by atoms with Gasteiger partial charge in [-0.1, -0.05) is 69.0 Å². The number of allylic oxidation sites excluding steroid dienone is 2. The first-order valence-corrected chi connectivity index (χ1v) is 7.93. The van der Waals surface area contributed by atoms with Crippen LogP contribution in [0.3, 0.4) is 0 Å². The standard InChI is InChI=1S/C15H22O3S/c1-2-3-4-5-6-9-12-18-13(16)14-10-7-8-11-15(14,17)19-14/h7-8,10-11,17H,2-6,9,12H2,1H3. The minimum Gasteiger partial charge on any atom is -0.464 e. The van der Waals surface area contributed by atoms with Crippen LogP contribution >= 0.6 is 11.8 Å². The number of unbranched alkanes of at least 4 members (excludes halogenated alkanes) is 5. The topological polar surface area (TPSA) is 46.5 Å². The number of hydrogen-bond donors (Lipinski definition) is 1. The third kappa shape index (κ3) is 3.06. The number of thioether (sulfide) groups is 1. The molecule has 1 N–H and O–H groups in total. The summed E-state index contributed by atoms with van der Waals surface area (Å²) in [7, 11) is 0. The van der Waals surface area contributed by atoms with Gasteiger partial charge in [0.2, 0.25) is 0 Å². The van der Waals surface area contributed by atoms with Crippen LogP contribution in [0.15, 0.2) is 24.3 Å². The van der Waals surface area contributed by atoms with E-state index in [0.29, 0.717) is 6.61 Å². The number of rotatable bonds is 8. The van der Waals surface area contributed by atoms with Crippen molar-refractivity contribution in [2.45, 2.75) is 55.1 Å². The first-order valence-electron chi connectivity index (χ1n) is 7.11. The molecule has 0 amide bonds. The van der Waals surface area contributed by atoms with Crippen molar-refractivity contribution in [3.63, 3.8) is 0 Å². The van der Waals surface area contributed by atoms with Crippen LogP contribution in [0.5, 0.6) is 0 Å². The molecule has 0 aromatic carbocycles. The molecule has 106 valence electrons. The molecule has 2 unspecified atom stereocenters. The zero-order chi connectivity index (χ0) is 13.8. The van der Waals surface area contributed by atoms with E-state index in [4.69, 9.17) is 4.74 Å². The van der Waals surface area contributed by atoms with E-state index in [1.165, 1.54) is 37.4 Å². The van der Waals surface area contributed by atoms with Crippen molar-refractivity contribution in [3.05, 3.63) is 24.3 Å². The van der Waals surface area contributed by atoms with E-state index in [1.54, 1.807) is 24.3 Å². The highest BCUT2D eigenvalue weighted by Gasteiger charge is 2.72. The van der Waals surface area contributed by atoms with Crippen molar-refractivity contribution in [2.75, 3.05) is 6.61 Å². The molecule has 1 saturated heterocycles. The maximum Gasteiger partial charge on any atom is 0.330 e. The second-order valence-electron chi connectivity index (χ2n) is 5.16. The lowest BCUT2D eigenvalue weighted by atomic mass is 9.98. The third-order valence-electron chi connectivity index (χ3n) is 3.61. The van der Waals surface area contributed by atoms with E-state index in [-0.39, 0.29) is 5.97 Å². The lowest BCUT2D eigenvalue weighted by molar-refractivity contribution is -0.146. The summed E-state index contributed by atoms with van der Waals surface area (Å²) in [4.78, 5) is 10.9. The molecule has 1 heterocycles. The lowest BCUT2D eigenvalue weighted by Gasteiger charge is -2.14. The molecule has 0 radical (unpaired) electrons. The molecule has 3 nitrogen and oxygen atoms in total. The molecular weight excluding hydrogens is 260 g/mol. The Hall–Kier alpha value is -0.740. The van der Waals surface area contributed by atoms with E-state index >= 15 is 0 Å². The van der Waals surface area contributed by atoms with E-state index < -0.39 is 9.68 Å². The number of fused-ring (bicyclic) bond motifs is 1. The van der Waals surface area contributed by atoms with Crippen molar-refractivity contribution < 1.29 is 14.6 Å². The minimum absolute atomic E-state index is 0.311. The molecular formula is C15H22O3S. The number of carbonyl (C=O) groups excluding carboxylic acids is 1. The van der Waals surface area contributed by atoms with Crippen molar-refractivity contribution >= 4 is 17.7 Å². The summed E-state index contributed by atoms with van der Waals surface area (Å²) in [5, 5.41) is 10.1. The monoisotopic (exact) mass is 282 g/mol. The molecule has 4 heteroatoms. The van der Waals surface area contributed by atoms with Gasteiger partial charge in [0.1, 0.15) is 0 Å². The summed E-state index contributed by atoms with van der Waals surface area (Å²) in [6.07, 6.45) is 14.0. The smallest absolute Gasteiger partial charge is 0.330 e. The third-order valence-corrected chi connectivity index (χ3v) is 5.11. The average molecular weight is 282 g/mol. The molecule has 2 aliphatic rings. The molecule has 1 aliphatic heterocycles. The Morgan fingerprint density at radius 1 is 1.16 bits per heavy atom. The fourth-order valence-electron chi connectivity index (χ4n) is 2.32. The van der Waals surface area contributed by atoms with Crippen molar-refractivity contribution in [1.82, 2.24) is 0 Å². The fourth-order valence-corrected chi connectivity index (χ4v) is 3.41. The summed E-state index contributed by atoms with van der Waals surface area (Å²) in [5.74, 6) is -0.311. The Bertz CT molecular complexity index is 391. The van der Waals surface area contributed by atoms with Gasteiger partial charge in [0.15, 0.2) is 9.68 Å². The van der Waals surface area contributed by atoms with Crippen LogP contribution in [-0.4, -0.2) is 27.4 Å². The summed E-state index contributed by atoms with van der Waals surface area (Å²) in [6.45, 7) is 2.66. The Morgan fingerprint density at radius 2 is 1.84 bits per heavy atom. The molecule has 2 atom stereocenters. The first-order chi connectivity index (χ1) is 9.15. The molecule has 19 heavy (non-hydrogen) atoms. The van der Waals surface area contributed by atoms with Gasteiger partial charge in [0.05, 0.1) is 6.61 Å². The van der Waals surface area contributed by atoms with Gasteiger partial charge in [0, 0.05) is 0 Å². The number of carbonyl (C=O) groups is 1. The highest BCUT2D eigenvalue weighted by atomic mass is 32.2. The van der Waals surface area contributed by atoms with E-state index in [1.807, 2.05) is 0 Å². The molecule has 1 aliphatic carbocycles. The Balaban J connectivity index is 1.64. The molecule has 0 bridgehead atoms. The zero-order valence-electron chi connectivity index (χ0n) is 11.4. The summed E-state index contributed by atoms with van der Waals surface area (Å²) in [5.41, 5.74) is 0. The Labute approximate surface area is 119 Å². The zero-order valence-corrected chi connectivity index (χ0v) is 12.2. The summed E-state index contributed by atoms with van der Waals surface area (Å²) >= 11 is 1.24. The number of aliphatic hydroxyl groups is 1. The molecule has 0 aromatic rings. The fraction of sp³-hybridized carbons (Fsp3) is 0.667. The predicted octanol–water partition coefficient (Wildman–Crippen LogP) is 3.19. The first kappa shape index (κ1) is 14.7. The van der Waals surface area contributed by atoms with Crippen molar-refractivity contribution in [3.8, 4) is 0 Å². The largest absolute Gasteiger partial charge is 0.464 e. The van der Waals surface area contributed by atoms with Gasteiger partial charge in [-0.3, -0.25) is 4.79 Å². The van der Waals surface area contributed by atoms with Gasteiger partial charge < -0.3 is 9.84 Å². The maximum atomic E-state index is 12.0. The van der Waals surface area contributed by atoms with Gasteiger partial charge >= 0.3 is 5.97 Å². The van der Waals surface area contributed by atoms with Gasteiger partial charge in [-0.05, 0) is 12.5 Å². The highest BCUT2D eigenvalue weighted by Crippen LogP contribution is 2.65. The van der Waals surface area contributed by atoms with Gasteiger partial charge in [0.25, 0.3) is 0 Å². The van der Waals surface area contributed by atoms with Crippen molar-refractivity contribution in [2.24, 2.45) is 0 Å². The number of ether oxygens (including phenoxy) is 1. The Morgan fingerprint density at radius 3 is 2.58 bits per heavy atom. The number of hydrogen-bond acceptors (Lipinski definition) is 4. The van der Waals surface area contributed by atoms with Gasteiger partial charge in [-0.15, -0.1) is 0 Å². The average Bonchev–Trinajstić information content (AvgIpc) is 3.05.